The van der Waals surface area contributed by atoms with Crippen molar-refractivity contribution in [1.29, 1.82) is 0 Å². The van der Waals surface area contributed by atoms with E-state index in [2.05, 4.69) is 15.5 Å². The van der Waals surface area contributed by atoms with Crippen molar-refractivity contribution in [3.05, 3.63) is 12.2 Å². The smallest absolute Gasteiger partial charge is 0.248 e. The van der Waals surface area contributed by atoms with Gasteiger partial charge in [0.05, 0.1) is 0 Å². The van der Waals surface area contributed by atoms with Crippen molar-refractivity contribution >= 4 is 11.8 Å². The Kier molecular flexibility index (Phi) is 3.06. The molecule has 0 radical (unpaired) electrons. The maximum atomic E-state index is 12.2. The van der Waals surface area contributed by atoms with Crippen molar-refractivity contribution in [2.75, 3.05) is 6.54 Å². The van der Waals surface area contributed by atoms with Gasteiger partial charge in [0.2, 0.25) is 17.7 Å². The van der Waals surface area contributed by atoms with Crippen molar-refractivity contribution in [1.82, 2.24) is 20.4 Å². The van der Waals surface area contributed by atoms with Crippen LogP contribution in [0.15, 0.2) is 10.9 Å². The number of hydrogen-bond acceptors (Lipinski definition) is 5. The van der Waals surface area contributed by atoms with Crippen molar-refractivity contribution in [2.24, 2.45) is 0 Å². The van der Waals surface area contributed by atoms with Crippen molar-refractivity contribution in [2.45, 2.75) is 38.8 Å². The van der Waals surface area contributed by atoms with Gasteiger partial charge in [0.15, 0.2) is 6.33 Å². The third kappa shape index (κ3) is 2.20. The number of nitrogens with one attached hydrogen (secondary N) is 1. The number of rotatable bonds is 3. The lowest BCUT2D eigenvalue weighted by Gasteiger charge is -2.41. The van der Waals surface area contributed by atoms with Gasteiger partial charge in [0.1, 0.15) is 11.6 Å². The van der Waals surface area contributed by atoms with Crippen molar-refractivity contribution in [3.63, 3.8) is 0 Å². The maximum Gasteiger partial charge on any atom is 0.248 e. The molecule has 1 saturated heterocycles. The summed E-state index contributed by atoms with van der Waals surface area (Å²) in [6.45, 7) is 5.48. The highest BCUT2D eigenvalue weighted by Crippen LogP contribution is 2.18. The van der Waals surface area contributed by atoms with Gasteiger partial charge in [-0.05, 0) is 20.8 Å². The topological polar surface area (TPSA) is 88.3 Å². The fourth-order valence-corrected chi connectivity index (χ4v) is 1.96. The molecule has 1 aromatic rings. The molecule has 1 unspecified atom stereocenters. The summed E-state index contributed by atoms with van der Waals surface area (Å²) in [6, 6.07) is -0.478. The number of amides is 2. The highest BCUT2D eigenvalue weighted by molar-refractivity contribution is 5.99. The summed E-state index contributed by atoms with van der Waals surface area (Å²) in [7, 11) is 0. The molecule has 98 valence electrons. The normalized spacial score (nSPS) is 23.1. The molecule has 0 bridgehead atoms. The van der Waals surface area contributed by atoms with E-state index in [9.17, 15) is 9.59 Å². The Balaban J connectivity index is 2.09. The van der Waals surface area contributed by atoms with Gasteiger partial charge < -0.3 is 14.7 Å². The summed E-state index contributed by atoms with van der Waals surface area (Å²) in [4.78, 5) is 29.4. The van der Waals surface area contributed by atoms with Gasteiger partial charge in [-0.25, -0.2) is 0 Å². The van der Waals surface area contributed by atoms with E-state index in [1.807, 2.05) is 0 Å². The molecule has 0 aromatic carbocycles. The van der Waals surface area contributed by atoms with Gasteiger partial charge in [-0.1, -0.05) is 5.16 Å². The Morgan fingerprint density at radius 1 is 1.50 bits per heavy atom. The van der Waals surface area contributed by atoms with Crippen molar-refractivity contribution < 1.29 is 14.1 Å². The summed E-state index contributed by atoms with van der Waals surface area (Å²) in [5, 5.41) is 6.20. The molecule has 1 aliphatic heterocycles. The molecule has 1 N–H and O–H groups in total. The highest BCUT2D eigenvalue weighted by Gasteiger charge is 2.43. The molecule has 7 heteroatoms. The SMILES string of the molecule is CC1C(=O)NC(C)(C)C(=O)N1CCc1ncno1. The Morgan fingerprint density at radius 2 is 2.22 bits per heavy atom. The molecule has 1 aliphatic rings. The van der Waals surface area contributed by atoms with Crippen LogP contribution in [-0.4, -0.2) is 45.0 Å². The second kappa shape index (κ2) is 4.40. The monoisotopic (exact) mass is 252 g/mol. The van der Waals surface area contributed by atoms with E-state index in [1.54, 1.807) is 25.7 Å². The van der Waals surface area contributed by atoms with Crippen LogP contribution in [0.2, 0.25) is 0 Å². The molecule has 7 nitrogen and oxygen atoms in total. The Hall–Kier alpha value is -1.92. The van der Waals surface area contributed by atoms with E-state index in [4.69, 9.17) is 4.52 Å². The number of piperazine rings is 1. The van der Waals surface area contributed by atoms with E-state index in [0.29, 0.717) is 18.9 Å². The van der Waals surface area contributed by atoms with E-state index in [0.717, 1.165) is 0 Å². The number of carbonyl (C=O) groups excluding carboxylic acids is 2. The zero-order valence-corrected chi connectivity index (χ0v) is 10.6. The fraction of sp³-hybridized carbons (Fsp3) is 0.636. The largest absolute Gasteiger partial charge is 0.340 e. The van der Waals surface area contributed by atoms with Crippen LogP contribution in [0.1, 0.15) is 26.7 Å². The first-order valence-corrected chi connectivity index (χ1v) is 5.80. The van der Waals surface area contributed by atoms with Gasteiger partial charge in [-0.3, -0.25) is 9.59 Å². The Bertz CT molecular complexity index is 455. The molecule has 1 fully saturated rings. The minimum atomic E-state index is -0.863. The first-order valence-electron chi connectivity index (χ1n) is 5.80. The zero-order chi connectivity index (χ0) is 13.3. The number of carbonyl (C=O) groups is 2. The predicted molar refractivity (Wildman–Crippen MR) is 61.4 cm³/mol. The summed E-state index contributed by atoms with van der Waals surface area (Å²) in [5.41, 5.74) is -0.863. The van der Waals surface area contributed by atoms with Crippen LogP contribution >= 0.6 is 0 Å². The van der Waals surface area contributed by atoms with Crippen LogP contribution in [-0.2, 0) is 16.0 Å². The standard InChI is InChI=1S/C11H16N4O3/c1-7-9(16)14-11(2,3)10(17)15(7)5-4-8-12-6-13-18-8/h6-7H,4-5H2,1-3H3,(H,14,16). The first kappa shape index (κ1) is 12.5. The molecular formula is C11H16N4O3. The molecule has 0 aliphatic carbocycles. The summed E-state index contributed by atoms with van der Waals surface area (Å²) >= 11 is 0. The molecule has 2 heterocycles. The summed E-state index contributed by atoms with van der Waals surface area (Å²) in [6.07, 6.45) is 1.76. The third-order valence-corrected chi connectivity index (χ3v) is 3.05. The first-order chi connectivity index (χ1) is 8.42. The van der Waals surface area contributed by atoms with Gasteiger partial charge in [-0.15, -0.1) is 0 Å². The van der Waals surface area contributed by atoms with Crippen LogP contribution in [0.4, 0.5) is 0 Å². The predicted octanol–water partition coefficient (Wildman–Crippen LogP) is -0.262. The minimum absolute atomic E-state index is 0.103. The van der Waals surface area contributed by atoms with E-state index in [-0.39, 0.29) is 11.8 Å². The summed E-state index contributed by atoms with van der Waals surface area (Å²) in [5.74, 6) is 0.207. The van der Waals surface area contributed by atoms with Crippen LogP contribution in [0.3, 0.4) is 0 Å². The second-order valence-electron chi connectivity index (χ2n) is 4.87. The minimum Gasteiger partial charge on any atom is -0.340 e. The third-order valence-electron chi connectivity index (χ3n) is 3.05. The van der Waals surface area contributed by atoms with Crippen LogP contribution < -0.4 is 5.32 Å². The lowest BCUT2D eigenvalue weighted by Crippen LogP contribution is -2.67. The average molecular weight is 252 g/mol. The Morgan fingerprint density at radius 3 is 2.83 bits per heavy atom. The summed E-state index contributed by atoms with van der Waals surface area (Å²) < 4.78 is 4.87. The van der Waals surface area contributed by atoms with Crippen LogP contribution in [0.25, 0.3) is 0 Å². The van der Waals surface area contributed by atoms with Crippen LogP contribution in [0, 0.1) is 0 Å². The Labute approximate surface area is 105 Å². The molecule has 2 amide bonds. The van der Waals surface area contributed by atoms with Crippen molar-refractivity contribution in [3.8, 4) is 0 Å². The van der Waals surface area contributed by atoms with Gasteiger partial charge >= 0.3 is 0 Å². The fourth-order valence-electron chi connectivity index (χ4n) is 1.96. The quantitative estimate of drug-likeness (QED) is 0.800. The number of aromatic nitrogens is 2. The van der Waals surface area contributed by atoms with E-state index < -0.39 is 11.6 Å². The van der Waals surface area contributed by atoms with Gasteiger partial charge in [0.25, 0.3) is 0 Å². The van der Waals surface area contributed by atoms with E-state index in [1.165, 1.54) is 6.33 Å². The maximum absolute atomic E-state index is 12.2. The lowest BCUT2D eigenvalue weighted by molar-refractivity contribution is -0.152. The van der Waals surface area contributed by atoms with E-state index >= 15 is 0 Å². The lowest BCUT2D eigenvalue weighted by atomic mass is 9.97. The molecule has 1 aromatic heterocycles. The van der Waals surface area contributed by atoms with Crippen LogP contribution in [0.5, 0.6) is 0 Å². The van der Waals surface area contributed by atoms with Gasteiger partial charge in [0, 0.05) is 13.0 Å². The molecule has 1 atom stereocenters. The zero-order valence-electron chi connectivity index (χ0n) is 10.6. The molecule has 2 rings (SSSR count). The average Bonchev–Trinajstić information content (AvgIpc) is 2.79. The number of nitrogens with zero attached hydrogens (tertiary/aromatic N) is 3. The van der Waals surface area contributed by atoms with Gasteiger partial charge in [-0.2, -0.15) is 4.98 Å². The second-order valence-corrected chi connectivity index (χ2v) is 4.87. The molecular weight excluding hydrogens is 236 g/mol. The highest BCUT2D eigenvalue weighted by atomic mass is 16.5. The molecule has 18 heavy (non-hydrogen) atoms. The molecule has 0 spiro atoms. The molecule has 0 saturated carbocycles. The number of hydrogen-bond donors (Lipinski definition) is 1.